The number of likely N-dealkylation sites (tertiary alicyclic amines) is 1. The van der Waals surface area contributed by atoms with E-state index in [9.17, 15) is 14.0 Å². The van der Waals surface area contributed by atoms with Crippen molar-refractivity contribution < 1.29 is 18.7 Å². The van der Waals surface area contributed by atoms with E-state index >= 15 is 0 Å². The zero-order valence-corrected chi connectivity index (χ0v) is 21.2. The van der Waals surface area contributed by atoms with Crippen LogP contribution in [0.15, 0.2) is 24.3 Å². The summed E-state index contributed by atoms with van der Waals surface area (Å²) in [5.74, 6) is -0.386. The molecule has 1 aromatic heterocycles. The Morgan fingerprint density at radius 2 is 1.78 bits per heavy atom. The average molecular weight is 496 g/mol. The number of ether oxygens (including phenoxy) is 1. The predicted octanol–water partition coefficient (Wildman–Crippen LogP) is 3.62. The van der Waals surface area contributed by atoms with Gasteiger partial charge in [0, 0.05) is 48.5 Å². The van der Waals surface area contributed by atoms with E-state index in [1.165, 1.54) is 13.2 Å². The van der Waals surface area contributed by atoms with Gasteiger partial charge in [-0.3, -0.25) is 9.48 Å². The third-order valence-electron chi connectivity index (χ3n) is 9.22. The minimum atomic E-state index is -0.259. The molecule has 192 valence electrons. The molecule has 0 aliphatic carbocycles. The Kier molecular flexibility index (Phi) is 5.59. The van der Waals surface area contributed by atoms with Crippen molar-refractivity contribution in [2.45, 2.75) is 69.0 Å². The molecule has 8 nitrogen and oxygen atoms in total. The number of carbonyl (C=O) groups is 2. The number of hydrogen-bond acceptors (Lipinski definition) is 5. The highest BCUT2D eigenvalue weighted by Crippen LogP contribution is 2.49. The first-order valence-corrected chi connectivity index (χ1v) is 13.0. The second kappa shape index (κ2) is 8.57. The van der Waals surface area contributed by atoms with E-state index in [0.717, 1.165) is 68.6 Å². The number of halogens is 1. The van der Waals surface area contributed by atoms with Gasteiger partial charge in [0.1, 0.15) is 5.82 Å². The van der Waals surface area contributed by atoms with Crippen molar-refractivity contribution in [2.75, 3.05) is 31.6 Å². The van der Waals surface area contributed by atoms with Crippen molar-refractivity contribution in [3.8, 4) is 0 Å². The lowest BCUT2D eigenvalue weighted by Gasteiger charge is -2.47. The molecule has 2 unspecified atom stereocenters. The second-order valence-corrected chi connectivity index (χ2v) is 11.1. The number of hydrogen-bond donors (Lipinski definition) is 0. The van der Waals surface area contributed by atoms with Crippen LogP contribution in [0.4, 0.5) is 14.9 Å². The zero-order chi connectivity index (χ0) is 25.2. The summed E-state index contributed by atoms with van der Waals surface area (Å²) in [4.78, 5) is 32.1. The van der Waals surface area contributed by atoms with Crippen LogP contribution in [0.3, 0.4) is 0 Å². The second-order valence-electron chi connectivity index (χ2n) is 11.1. The number of methoxy groups -OCH3 is 1. The molecular formula is C27H34FN5O3. The number of aryl methyl sites for hydroxylation is 2. The van der Waals surface area contributed by atoms with Gasteiger partial charge in [0.25, 0.3) is 5.91 Å². The van der Waals surface area contributed by atoms with Crippen molar-refractivity contribution in [1.29, 1.82) is 0 Å². The topological polar surface area (TPSA) is 70.9 Å². The highest BCUT2D eigenvalue weighted by molar-refractivity contribution is 6.06. The van der Waals surface area contributed by atoms with Crippen LogP contribution in [0.25, 0.3) is 0 Å². The van der Waals surface area contributed by atoms with Crippen LogP contribution in [-0.2, 0) is 17.2 Å². The van der Waals surface area contributed by atoms with E-state index in [-0.39, 0.29) is 35.3 Å². The fraction of sp³-hybridized carbons (Fsp3) is 0.593. The Hall–Kier alpha value is -2.94. The molecule has 4 aliphatic rings. The molecule has 3 fully saturated rings. The van der Waals surface area contributed by atoms with Gasteiger partial charge in [-0.15, -0.1) is 0 Å². The summed E-state index contributed by atoms with van der Waals surface area (Å²) in [7, 11) is 3.29. The van der Waals surface area contributed by atoms with Crippen LogP contribution in [0.1, 0.15) is 60.3 Å². The molecule has 1 spiro atoms. The third kappa shape index (κ3) is 3.62. The number of rotatable bonds is 2. The van der Waals surface area contributed by atoms with E-state index in [4.69, 9.17) is 4.74 Å². The third-order valence-corrected chi connectivity index (χ3v) is 9.22. The van der Waals surface area contributed by atoms with Gasteiger partial charge >= 0.3 is 6.09 Å². The molecule has 6 rings (SSSR count). The number of benzene rings is 1. The van der Waals surface area contributed by atoms with Crippen LogP contribution in [0, 0.1) is 12.7 Å². The van der Waals surface area contributed by atoms with Crippen LogP contribution in [-0.4, -0.2) is 76.5 Å². The van der Waals surface area contributed by atoms with E-state index in [2.05, 4.69) is 10.00 Å². The summed E-state index contributed by atoms with van der Waals surface area (Å²) in [6.45, 7) is 4.29. The van der Waals surface area contributed by atoms with Gasteiger partial charge in [0.15, 0.2) is 5.69 Å². The van der Waals surface area contributed by atoms with Crippen LogP contribution in [0.5, 0.6) is 0 Å². The number of aromatic nitrogens is 2. The standard InChI is InChI=1S/C27H34FN5O3/c1-17-12-23(29-30(17)2)25(34)32-16-27(22-13-18(28)4-7-24(22)32)8-10-31(11-9-27)21-14-19-5-6-20(15-21)33(19)26(35)36-3/h4,7,12-13,19-21H,5-6,8-11,14-16H2,1-3H3. The molecule has 0 radical (unpaired) electrons. The van der Waals surface area contributed by atoms with E-state index < -0.39 is 0 Å². The van der Waals surface area contributed by atoms with Crippen molar-refractivity contribution in [3.05, 3.63) is 47.0 Å². The molecule has 0 saturated carbocycles. The summed E-state index contributed by atoms with van der Waals surface area (Å²) in [5, 5.41) is 4.40. The molecule has 2 amide bonds. The van der Waals surface area contributed by atoms with Gasteiger partial charge in [-0.05, 0) is 88.4 Å². The smallest absolute Gasteiger partial charge is 0.409 e. The lowest BCUT2D eigenvalue weighted by molar-refractivity contribution is 0.0328. The summed E-state index contributed by atoms with van der Waals surface area (Å²) in [6, 6.07) is 7.61. The van der Waals surface area contributed by atoms with Crippen molar-refractivity contribution in [2.24, 2.45) is 7.05 Å². The lowest BCUT2D eigenvalue weighted by atomic mass is 9.73. The van der Waals surface area contributed by atoms with Crippen LogP contribution >= 0.6 is 0 Å². The minimum Gasteiger partial charge on any atom is -0.453 e. The van der Waals surface area contributed by atoms with Gasteiger partial charge in [-0.1, -0.05) is 0 Å². The molecule has 2 bridgehead atoms. The minimum absolute atomic E-state index is 0.127. The Bertz CT molecular complexity index is 1170. The van der Waals surface area contributed by atoms with Crippen LogP contribution in [0.2, 0.25) is 0 Å². The molecule has 2 atom stereocenters. The molecular weight excluding hydrogens is 461 g/mol. The highest BCUT2D eigenvalue weighted by atomic mass is 19.1. The Balaban J connectivity index is 1.20. The fourth-order valence-corrected chi connectivity index (χ4v) is 7.22. The number of piperidine rings is 2. The first-order chi connectivity index (χ1) is 17.3. The monoisotopic (exact) mass is 495 g/mol. The summed E-state index contributed by atoms with van der Waals surface area (Å²) in [5.41, 5.74) is 2.85. The summed E-state index contributed by atoms with van der Waals surface area (Å²) < 4.78 is 21.2. The number of fused-ring (bicyclic) bond motifs is 4. The molecule has 5 heterocycles. The first-order valence-electron chi connectivity index (χ1n) is 13.0. The number of amides is 2. The normalized spacial score (nSPS) is 26.9. The summed E-state index contributed by atoms with van der Waals surface area (Å²) >= 11 is 0. The summed E-state index contributed by atoms with van der Waals surface area (Å²) in [6.07, 6.45) is 5.61. The molecule has 1 aromatic carbocycles. The van der Waals surface area contributed by atoms with Gasteiger partial charge in [-0.2, -0.15) is 5.10 Å². The lowest BCUT2D eigenvalue weighted by Crippen LogP contribution is -2.55. The van der Waals surface area contributed by atoms with Crippen molar-refractivity contribution in [3.63, 3.8) is 0 Å². The maximum absolute atomic E-state index is 14.4. The maximum Gasteiger partial charge on any atom is 0.409 e. The SMILES string of the molecule is COC(=O)N1C2CCC1CC(N1CCC3(CC1)CN(C(=O)c1cc(C)n(C)n1)c1ccc(F)cc13)C2. The van der Waals surface area contributed by atoms with E-state index in [1.54, 1.807) is 21.7 Å². The van der Waals surface area contributed by atoms with E-state index in [1.807, 2.05) is 24.9 Å². The highest BCUT2D eigenvalue weighted by Gasteiger charge is 2.50. The fourth-order valence-electron chi connectivity index (χ4n) is 7.22. The molecule has 2 aromatic rings. The van der Waals surface area contributed by atoms with Gasteiger partial charge in [-0.25, -0.2) is 9.18 Å². The quantitative estimate of drug-likeness (QED) is 0.637. The first kappa shape index (κ1) is 23.5. The number of carbonyl (C=O) groups excluding carboxylic acids is 2. The largest absolute Gasteiger partial charge is 0.453 e. The van der Waals surface area contributed by atoms with E-state index in [0.29, 0.717) is 18.3 Å². The van der Waals surface area contributed by atoms with Crippen molar-refractivity contribution >= 4 is 17.7 Å². The number of nitrogens with zero attached hydrogens (tertiary/aromatic N) is 5. The predicted molar refractivity (Wildman–Crippen MR) is 133 cm³/mol. The Labute approximate surface area is 211 Å². The van der Waals surface area contributed by atoms with Gasteiger partial charge in [0.05, 0.1) is 7.11 Å². The van der Waals surface area contributed by atoms with Crippen LogP contribution < -0.4 is 4.90 Å². The molecule has 9 heteroatoms. The van der Waals surface area contributed by atoms with Gasteiger partial charge in [0.2, 0.25) is 0 Å². The van der Waals surface area contributed by atoms with Gasteiger partial charge < -0.3 is 19.4 Å². The molecule has 36 heavy (non-hydrogen) atoms. The zero-order valence-electron chi connectivity index (χ0n) is 21.2. The Morgan fingerprint density at radius 1 is 1.08 bits per heavy atom. The molecule has 4 aliphatic heterocycles. The average Bonchev–Trinajstić information content (AvgIpc) is 3.47. The number of anilines is 1. The van der Waals surface area contributed by atoms with Crippen molar-refractivity contribution in [1.82, 2.24) is 19.6 Å². The Morgan fingerprint density at radius 3 is 2.39 bits per heavy atom. The molecule has 3 saturated heterocycles. The maximum atomic E-state index is 14.4. The molecule has 0 N–H and O–H groups in total.